The first-order valence-electron chi connectivity index (χ1n) is 9.45. The number of hydrogen-bond acceptors (Lipinski definition) is 3. The predicted octanol–water partition coefficient (Wildman–Crippen LogP) is 2.67. The number of piperidine rings is 1. The van der Waals surface area contributed by atoms with Crippen LogP contribution >= 0.6 is 0 Å². The van der Waals surface area contributed by atoms with Crippen molar-refractivity contribution >= 4 is 11.8 Å². The molecule has 2 aromatic rings. The summed E-state index contributed by atoms with van der Waals surface area (Å²) in [6.07, 6.45) is 3.25. The number of nitrogens with zero attached hydrogens (tertiary/aromatic N) is 3. The zero-order valence-corrected chi connectivity index (χ0v) is 15.4. The summed E-state index contributed by atoms with van der Waals surface area (Å²) in [6, 6.07) is 8.41. The van der Waals surface area contributed by atoms with Crippen molar-refractivity contribution in [1.82, 2.24) is 14.8 Å². The Bertz CT molecular complexity index is 890. The minimum Gasteiger partial charge on any atom is -0.337 e. The fraction of sp³-hybridized carbons (Fsp3) is 0.381. The molecule has 5 rings (SSSR count). The summed E-state index contributed by atoms with van der Waals surface area (Å²) >= 11 is 0. The zero-order chi connectivity index (χ0) is 19.7. The van der Waals surface area contributed by atoms with E-state index < -0.39 is 11.6 Å². The van der Waals surface area contributed by atoms with E-state index in [2.05, 4.69) is 4.98 Å². The molecule has 146 valence electrons. The molecule has 2 bridgehead atoms. The molecule has 0 spiro atoms. The maximum absolute atomic E-state index is 13.9. The summed E-state index contributed by atoms with van der Waals surface area (Å²) in [5.41, 5.74) is 0.586. The van der Waals surface area contributed by atoms with Crippen molar-refractivity contribution in [2.24, 2.45) is 5.92 Å². The fourth-order valence-electron chi connectivity index (χ4n) is 4.13. The van der Waals surface area contributed by atoms with Crippen LogP contribution in [-0.4, -0.2) is 52.3 Å². The Morgan fingerprint density at radius 2 is 1.93 bits per heavy atom. The second-order valence-electron chi connectivity index (χ2n) is 7.48. The van der Waals surface area contributed by atoms with E-state index in [4.69, 9.17) is 0 Å². The highest BCUT2D eigenvalue weighted by Crippen LogP contribution is 2.29. The van der Waals surface area contributed by atoms with E-state index in [9.17, 15) is 18.4 Å². The highest BCUT2D eigenvalue weighted by molar-refractivity contribution is 5.92. The summed E-state index contributed by atoms with van der Waals surface area (Å²) < 4.78 is 27.0. The standard InChI is InChI=1S/C21H21F2N3O2/c22-16-6-5-15(18(23)10-16)9-20(27)26-12-14-4-7-17(26)13-25(11-14)21(28)19-3-1-2-8-24-19/h1-3,5-6,8,10,14,17H,4,7,9,11-13H2/t14-,17+/m1/s1. The largest absolute Gasteiger partial charge is 0.337 e. The predicted molar refractivity (Wildman–Crippen MR) is 98.4 cm³/mol. The van der Waals surface area contributed by atoms with E-state index in [0.717, 1.165) is 25.0 Å². The van der Waals surface area contributed by atoms with Crippen molar-refractivity contribution < 1.29 is 18.4 Å². The molecule has 3 aliphatic heterocycles. The molecule has 3 fully saturated rings. The van der Waals surface area contributed by atoms with Crippen LogP contribution in [0.15, 0.2) is 42.6 Å². The molecule has 2 atom stereocenters. The van der Waals surface area contributed by atoms with Crippen LogP contribution in [0, 0.1) is 17.6 Å². The Balaban J connectivity index is 1.48. The SMILES string of the molecule is O=C(c1ccccn1)N1C[C@H]2CC[C@@H](C1)N(C(=O)Cc1ccc(F)cc1F)C2. The molecule has 4 heterocycles. The maximum atomic E-state index is 13.9. The number of pyridine rings is 1. The van der Waals surface area contributed by atoms with E-state index in [1.54, 1.807) is 34.2 Å². The monoisotopic (exact) mass is 385 g/mol. The molecule has 2 amide bonds. The minimum absolute atomic E-state index is 0.0950. The Kier molecular flexibility index (Phi) is 5.07. The van der Waals surface area contributed by atoms with Crippen LogP contribution < -0.4 is 0 Å². The Hall–Kier alpha value is -2.83. The lowest BCUT2D eigenvalue weighted by Gasteiger charge is -2.36. The normalized spacial score (nSPS) is 21.5. The van der Waals surface area contributed by atoms with Crippen molar-refractivity contribution in [1.29, 1.82) is 0 Å². The van der Waals surface area contributed by atoms with Crippen LogP contribution in [0.2, 0.25) is 0 Å². The third kappa shape index (κ3) is 3.74. The molecular formula is C21H21F2N3O2. The average Bonchev–Trinajstić information content (AvgIpc) is 3.02. The van der Waals surface area contributed by atoms with Gasteiger partial charge in [0.2, 0.25) is 5.91 Å². The molecule has 0 radical (unpaired) electrons. The third-order valence-electron chi connectivity index (χ3n) is 5.56. The number of carbonyl (C=O) groups excluding carboxylic acids is 2. The molecule has 0 aliphatic carbocycles. The Morgan fingerprint density at radius 3 is 2.68 bits per heavy atom. The van der Waals surface area contributed by atoms with Gasteiger partial charge in [0.1, 0.15) is 17.3 Å². The molecule has 0 unspecified atom stereocenters. The first-order chi connectivity index (χ1) is 13.5. The summed E-state index contributed by atoms with van der Waals surface area (Å²) in [5, 5.41) is 0. The molecule has 28 heavy (non-hydrogen) atoms. The van der Waals surface area contributed by atoms with E-state index in [1.165, 1.54) is 6.07 Å². The van der Waals surface area contributed by atoms with Gasteiger partial charge in [-0.05, 0) is 42.5 Å². The maximum Gasteiger partial charge on any atom is 0.272 e. The van der Waals surface area contributed by atoms with Gasteiger partial charge in [-0.15, -0.1) is 0 Å². The summed E-state index contributed by atoms with van der Waals surface area (Å²) in [5.74, 6) is -1.50. The second-order valence-corrected chi connectivity index (χ2v) is 7.48. The number of fused-ring (bicyclic) bond motifs is 4. The van der Waals surface area contributed by atoms with E-state index in [-0.39, 0.29) is 35.8 Å². The molecule has 1 aromatic heterocycles. The van der Waals surface area contributed by atoms with Gasteiger partial charge in [0, 0.05) is 37.9 Å². The Morgan fingerprint density at radius 1 is 1.07 bits per heavy atom. The molecular weight excluding hydrogens is 364 g/mol. The van der Waals surface area contributed by atoms with E-state index in [1.807, 2.05) is 0 Å². The van der Waals surface area contributed by atoms with Gasteiger partial charge in [0.15, 0.2) is 0 Å². The highest BCUT2D eigenvalue weighted by atomic mass is 19.1. The van der Waals surface area contributed by atoms with Crippen LogP contribution in [-0.2, 0) is 11.2 Å². The lowest BCUT2D eigenvalue weighted by Crippen LogP contribution is -2.48. The summed E-state index contributed by atoms with van der Waals surface area (Å²) in [4.78, 5) is 33.3. The summed E-state index contributed by atoms with van der Waals surface area (Å²) in [6.45, 7) is 1.59. The van der Waals surface area contributed by atoms with Crippen LogP contribution in [0.5, 0.6) is 0 Å². The van der Waals surface area contributed by atoms with Gasteiger partial charge in [-0.3, -0.25) is 14.6 Å². The van der Waals surface area contributed by atoms with Gasteiger partial charge < -0.3 is 9.80 Å². The number of rotatable bonds is 3. The van der Waals surface area contributed by atoms with Crippen molar-refractivity contribution in [3.05, 3.63) is 65.5 Å². The van der Waals surface area contributed by atoms with Gasteiger partial charge >= 0.3 is 0 Å². The molecule has 0 saturated carbocycles. The number of carbonyl (C=O) groups is 2. The number of benzene rings is 1. The van der Waals surface area contributed by atoms with Crippen LogP contribution in [0.4, 0.5) is 8.78 Å². The van der Waals surface area contributed by atoms with Gasteiger partial charge in [0.25, 0.3) is 5.91 Å². The lowest BCUT2D eigenvalue weighted by atomic mass is 9.94. The third-order valence-corrected chi connectivity index (χ3v) is 5.56. The lowest BCUT2D eigenvalue weighted by molar-refractivity contribution is -0.134. The van der Waals surface area contributed by atoms with Gasteiger partial charge in [0.05, 0.1) is 6.42 Å². The van der Waals surface area contributed by atoms with Gasteiger partial charge in [-0.2, -0.15) is 0 Å². The van der Waals surface area contributed by atoms with Crippen LogP contribution in [0.25, 0.3) is 0 Å². The van der Waals surface area contributed by atoms with Crippen LogP contribution in [0.3, 0.4) is 0 Å². The summed E-state index contributed by atoms with van der Waals surface area (Å²) in [7, 11) is 0. The fourth-order valence-corrected chi connectivity index (χ4v) is 4.13. The van der Waals surface area contributed by atoms with Crippen LogP contribution in [0.1, 0.15) is 28.9 Å². The topological polar surface area (TPSA) is 53.5 Å². The molecule has 5 nitrogen and oxygen atoms in total. The molecule has 3 aliphatic rings. The number of aromatic nitrogens is 1. The van der Waals surface area contributed by atoms with Crippen molar-refractivity contribution in [3.63, 3.8) is 0 Å². The number of halogens is 2. The minimum atomic E-state index is -0.708. The second kappa shape index (κ2) is 7.66. The van der Waals surface area contributed by atoms with E-state index >= 15 is 0 Å². The quantitative estimate of drug-likeness (QED) is 0.816. The number of amides is 2. The van der Waals surface area contributed by atoms with Gasteiger partial charge in [-0.1, -0.05) is 12.1 Å². The molecule has 0 N–H and O–H groups in total. The van der Waals surface area contributed by atoms with Crippen molar-refractivity contribution in [2.75, 3.05) is 19.6 Å². The molecule has 3 saturated heterocycles. The number of hydrogen-bond donors (Lipinski definition) is 0. The molecule has 7 heteroatoms. The first-order valence-corrected chi connectivity index (χ1v) is 9.45. The highest BCUT2D eigenvalue weighted by Gasteiger charge is 2.39. The van der Waals surface area contributed by atoms with Crippen molar-refractivity contribution in [3.8, 4) is 0 Å². The Labute approximate surface area is 162 Å². The van der Waals surface area contributed by atoms with Gasteiger partial charge in [-0.25, -0.2) is 8.78 Å². The van der Waals surface area contributed by atoms with Crippen molar-refractivity contribution in [2.45, 2.75) is 25.3 Å². The van der Waals surface area contributed by atoms with E-state index in [0.29, 0.717) is 25.3 Å². The molecule has 1 aromatic carbocycles. The smallest absolute Gasteiger partial charge is 0.272 e. The first kappa shape index (κ1) is 18.5. The average molecular weight is 385 g/mol. The zero-order valence-electron chi connectivity index (χ0n) is 15.4.